The van der Waals surface area contributed by atoms with Crippen molar-refractivity contribution >= 4 is 33.7 Å². The van der Waals surface area contributed by atoms with Gasteiger partial charge in [0.25, 0.3) is 11.5 Å². The molecule has 1 aliphatic heterocycles. The van der Waals surface area contributed by atoms with E-state index in [9.17, 15) is 14.0 Å². The number of hydrogen-bond acceptors (Lipinski definition) is 6. The molecule has 0 spiro atoms. The number of benzene rings is 2. The summed E-state index contributed by atoms with van der Waals surface area (Å²) >= 11 is 0. The second-order valence-electron chi connectivity index (χ2n) is 9.18. The van der Waals surface area contributed by atoms with E-state index in [1.807, 2.05) is 31.2 Å². The number of imidazole rings is 1. The Balaban J connectivity index is 1.19. The number of rotatable bonds is 4. The average molecular weight is 498 g/mol. The molecule has 0 atom stereocenters. The number of fused-ring (bicyclic) bond motifs is 2. The van der Waals surface area contributed by atoms with Crippen LogP contribution in [0.2, 0.25) is 0 Å². The normalized spacial score (nSPS) is 14.0. The van der Waals surface area contributed by atoms with Crippen molar-refractivity contribution in [3.63, 3.8) is 0 Å². The third-order valence-corrected chi connectivity index (χ3v) is 6.75. The van der Waals surface area contributed by atoms with Crippen molar-refractivity contribution in [3.8, 4) is 0 Å². The molecule has 9 nitrogen and oxygen atoms in total. The number of hydrogen-bond donors (Lipinski definition) is 2. The van der Waals surface area contributed by atoms with Gasteiger partial charge in [0, 0.05) is 38.0 Å². The molecule has 1 saturated heterocycles. The summed E-state index contributed by atoms with van der Waals surface area (Å²) in [6.45, 7) is 3.96. The number of carbonyl (C=O) groups is 1. The monoisotopic (exact) mass is 497 g/mol. The van der Waals surface area contributed by atoms with E-state index < -0.39 is 5.82 Å². The van der Waals surface area contributed by atoms with Gasteiger partial charge in [-0.25, -0.2) is 19.5 Å². The van der Waals surface area contributed by atoms with Crippen LogP contribution in [0.3, 0.4) is 0 Å². The van der Waals surface area contributed by atoms with Crippen molar-refractivity contribution in [1.29, 1.82) is 0 Å². The van der Waals surface area contributed by atoms with Crippen LogP contribution in [-0.4, -0.2) is 62.1 Å². The summed E-state index contributed by atoms with van der Waals surface area (Å²) in [5, 5.41) is 8.00. The molecule has 6 rings (SSSR count). The van der Waals surface area contributed by atoms with Crippen molar-refractivity contribution in [2.24, 2.45) is 0 Å². The van der Waals surface area contributed by atoms with E-state index in [2.05, 4.69) is 30.0 Å². The molecule has 10 heteroatoms. The number of amides is 1. The van der Waals surface area contributed by atoms with Crippen molar-refractivity contribution < 1.29 is 9.18 Å². The highest BCUT2D eigenvalue weighted by atomic mass is 19.1. The second-order valence-corrected chi connectivity index (χ2v) is 9.18. The first-order valence-electron chi connectivity index (χ1n) is 12.1. The van der Waals surface area contributed by atoms with Crippen LogP contribution in [0.5, 0.6) is 0 Å². The lowest BCUT2D eigenvalue weighted by Gasteiger charge is -2.35. The lowest BCUT2D eigenvalue weighted by molar-refractivity contribution is 0.0741. The number of aromatic nitrogens is 5. The maximum Gasteiger partial charge on any atom is 0.272 e. The van der Waals surface area contributed by atoms with Gasteiger partial charge in [0.2, 0.25) is 0 Å². The Morgan fingerprint density at radius 2 is 1.78 bits per heavy atom. The minimum Gasteiger partial charge on any atom is -0.353 e. The molecular weight excluding hydrogens is 473 g/mol. The Kier molecular flexibility index (Phi) is 5.63. The zero-order valence-electron chi connectivity index (χ0n) is 20.2. The highest BCUT2D eigenvalue weighted by Crippen LogP contribution is 2.22. The van der Waals surface area contributed by atoms with Crippen molar-refractivity contribution in [3.05, 3.63) is 93.4 Å². The first-order valence-corrected chi connectivity index (χ1v) is 12.1. The van der Waals surface area contributed by atoms with Gasteiger partial charge in [0.15, 0.2) is 5.65 Å². The van der Waals surface area contributed by atoms with Gasteiger partial charge in [-0.3, -0.25) is 9.59 Å². The van der Waals surface area contributed by atoms with Gasteiger partial charge in [0.1, 0.15) is 17.5 Å². The Bertz CT molecular complexity index is 1700. The van der Waals surface area contributed by atoms with Crippen molar-refractivity contribution in [1.82, 2.24) is 30.0 Å². The predicted molar refractivity (Wildman–Crippen MR) is 138 cm³/mol. The summed E-state index contributed by atoms with van der Waals surface area (Å²) in [5.74, 6) is 0.713. The van der Waals surface area contributed by atoms with Gasteiger partial charge in [-0.05, 0) is 42.8 Å². The van der Waals surface area contributed by atoms with E-state index >= 15 is 0 Å². The van der Waals surface area contributed by atoms with Crippen LogP contribution in [0.25, 0.3) is 21.9 Å². The number of aryl methyl sites for hydroxylation is 1. The number of aromatic amines is 2. The number of carbonyl (C=O) groups excluding carboxylic acids is 1. The minimum absolute atomic E-state index is 0.0335. The molecule has 3 aromatic heterocycles. The van der Waals surface area contributed by atoms with Crippen LogP contribution in [0.4, 0.5) is 10.2 Å². The largest absolute Gasteiger partial charge is 0.353 e. The fraction of sp³-hybridized carbons (Fsp3) is 0.222. The Labute approximate surface area is 211 Å². The molecule has 1 amide bonds. The van der Waals surface area contributed by atoms with Crippen LogP contribution in [-0.2, 0) is 6.42 Å². The molecule has 4 heterocycles. The van der Waals surface area contributed by atoms with E-state index in [0.717, 1.165) is 28.1 Å². The Hall–Kier alpha value is -4.60. The molecule has 0 radical (unpaired) electrons. The van der Waals surface area contributed by atoms with Gasteiger partial charge in [-0.15, -0.1) is 0 Å². The molecule has 1 aliphatic rings. The first-order chi connectivity index (χ1) is 18.0. The molecule has 0 saturated carbocycles. The summed E-state index contributed by atoms with van der Waals surface area (Å²) in [4.78, 5) is 41.3. The molecule has 2 N–H and O–H groups in total. The van der Waals surface area contributed by atoms with Gasteiger partial charge in [0.05, 0.1) is 22.2 Å². The summed E-state index contributed by atoms with van der Waals surface area (Å²) in [7, 11) is 0. The molecule has 5 aromatic rings. The fourth-order valence-corrected chi connectivity index (χ4v) is 4.83. The number of H-pyrrole nitrogens is 2. The molecule has 0 unspecified atom stereocenters. The summed E-state index contributed by atoms with van der Waals surface area (Å²) in [6.07, 6.45) is 0.354. The standard InChI is InChI=1S/C27H24FN7O2/c1-16-29-22-8-9-24(31-25(22)30-16)34-10-12-35(13-11-34)27(37)20-14-17(6-7-21(20)28)15-23-18-4-2-3-5-19(18)26(36)33-32-23/h2-9,14H,10-13,15H2,1H3,(H,33,36)(H,29,30,31). The number of pyridine rings is 1. The molecular formula is C27H24FN7O2. The van der Waals surface area contributed by atoms with Crippen LogP contribution >= 0.6 is 0 Å². The summed E-state index contributed by atoms with van der Waals surface area (Å²) in [6, 6.07) is 15.6. The Morgan fingerprint density at radius 1 is 1.00 bits per heavy atom. The Morgan fingerprint density at radius 3 is 2.59 bits per heavy atom. The van der Waals surface area contributed by atoms with E-state index in [4.69, 9.17) is 0 Å². The topological polar surface area (TPSA) is 111 Å². The lowest BCUT2D eigenvalue weighted by Crippen LogP contribution is -2.49. The highest BCUT2D eigenvalue weighted by Gasteiger charge is 2.25. The summed E-state index contributed by atoms with van der Waals surface area (Å²) in [5.41, 5.74) is 2.71. The van der Waals surface area contributed by atoms with Crippen LogP contribution in [0, 0.1) is 12.7 Å². The zero-order chi connectivity index (χ0) is 25.5. The van der Waals surface area contributed by atoms with E-state index in [1.165, 1.54) is 6.07 Å². The highest BCUT2D eigenvalue weighted by molar-refractivity contribution is 5.95. The quantitative estimate of drug-likeness (QED) is 0.395. The molecule has 0 bridgehead atoms. The van der Waals surface area contributed by atoms with E-state index in [-0.39, 0.29) is 17.0 Å². The maximum absolute atomic E-state index is 14.8. The molecule has 0 aliphatic carbocycles. The van der Waals surface area contributed by atoms with Crippen LogP contribution in [0.1, 0.15) is 27.4 Å². The summed E-state index contributed by atoms with van der Waals surface area (Å²) < 4.78 is 14.8. The third-order valence-electron chi connectivity index (χ3n) is 6.75. The molecule has 37 heavy (non-hydrogen) atoms. The minimum atomic E-state index is -0.559. The fourth-order valence-electron chi connectivity index (χ4n) is 4.83. The second kappa shape index (κ2) is 9.12. The van der Waals surface area contributed by atoms with Gasteiger partial charge in [-0.2, -0.15) is 5.10 Å². The number of piperazine rings is 1. The lowest BCUT2D eigenvalue weighted by atomic mass is 10.0. The van der Waals surface area contributed by atoms with Crippen LogP contribution in [0.15, 0.2) is 59.4 Å². The van der Waals surface area contributed by atoms with Gasteiger partial charge in [-0.1, -0.05) is 24.3 Å². The molecule has 186 valence electrons. The van der Waals surface area contributed by atoms with Crippen molar-refractivity contribution in [2.45, 2.75) is 13.3 Å². The SMILES string of the molecule is Cc1nc2nc(N3CCN(C(=O)c4cc(Cc5n[nH]c(=O)c6ccccc56)ccc4F)CC3)ccc2[nH]1. The smallest absolute Gasteiger partial charge is 0.272 e. The van der Waals surface area contributed by atoms with E-state index in [1.54, 1.807) is 29.2 Å². The third kappa shape index (κ3) is 4.31. The molecule has 2 aromatic carbocycles. The van der Waals surface area contributed by atoms with E-state index in [0.29, 0.717) is 49.3 Å². The average Bonchev–Trinajstić information content (AvgIpc) is 3.30. The molecule has 1 fully saturated rings. The first kappa shape index (κ1) is 22.8. The maximum atomic E-state index is 14.8. The van der Waals surface area contributed by atoms with Gasteiger partial charge >= 0.3 is 0 Å². The van der Waals surface area contributed by atoms with Crippen LogP contribution < -0.4 is 10.5 Å². The van der Waals surface area contributed by atoms with Gasteiger partial charge < -0.3 is 14.8 Å². The number of anilines is 1. The number of nitrogens with zero attached hydrogens (tertiary/aromatic N) is 5. The zero-order valence-corrected chi connectivity index (χ0v) is 20.2. The number of halogens is 1. The van der Waals surface area contributed by atoms with Crippen molar-refractivity contribution in [2.75, 3.05) is 31.1 Å². The number of nitrogens with one attached hydrogen (secondary N) is 2. The predicted octanol–water partition coefficient (Wildman–Crippen LogP) is 3.20.